The van der Waals surface area contributed by atoms with E-state index in [9.17, 15) is 4.79 Å². The van der Waals surface area contributed by atoms with E-state index in [2.05, 4.69) is 0 Å². The molecule has 0 amide bonds. The fraction of sp³-hybridized carbons (Fsp3) is 0.176. The molecule has 4 heteroatoms. The Balaban J connectivity index is 1.92. The van der Waals surface area contributed by atoms with Crippen molar-refractivity contribution in [2.75, 3.05) is 6.61 Å². The Morgan fingerprint density at radius 3 is 2.33 bits per heavy atom. The molecule has 2 aromatic rings. The van der Waals surface area contributed by atoms with Crippen LogP contribution >= 0.6 is 0 Å². The second kappa shape index (κ2) is 7.11. The minimum Gasteiger partial charge on any atom is -0.482 e. The Labute approximate surface area is 123 Å². The average molecular weight is 281 g/mol. The van der Waals surface area contributed by atoms with Crippen LogP contribution in [-0.4, -0.2) is 18.7 Å². The van der Waals surface area contributed by atoms with Crippen LogP contribution in [0.15, 0.2) is 54.6 Å². The van der Waals surface area contributed by atoms with Crippen molar-refractivity contribution in [3.8, 4) is 22.9 Å². The lowest BCUT2D eigenvalue weighted by molar-refractivity contribution is -0.148. The van der Waals surface area contributed by atoms with Gasteiger partial charge >= 0.3 is 5.97 Å². The largest absolute Gasteiger partial charge is 0.482 e. The van der Waals surface area contributed by atoms with Crippen LogP contribution in [0.1, 0.15) is 6.92 Å². The van der Waals surface area contributed by atoms with Gasteiger partial charge in [-0.15, -0.1) is 0 Å². The molecule has 0 saturated carbocycles. The van der Waals surface area contributed by atoms with Crippen LogP contribution in [0.4, 0.5) is 0 Å². The lowest BCUT2D eigenvalue weighted by Gasteiger charge is -2.08. The maximum Gasteiger partial charge on any atom is 0.345 e. The predicted molar refractivity (Wildman–Crippen MR) is 78.5 cm³/mol. The molecule has 106 valence electrons. The van der Waals surface area contributed by atoms with Crippen molar-refractivity contribution in [3.05, 3.63) is 54.6 Å². The minimum atomic E-state index is -0.762. The molecule has 0 unspecified atom stereocenters. The van der Waals surface area contributed by atoms with Gasteiger partial charge in [0.05, 0.1) is 0 Å². The van der Waals surface area contributed by atoms with Gasteiger partial charge in [0.1, 0.15) is 11.8 Å². The SMILES string of the molecule is C[C@@H](C#N)OC(=O)COc1ccc(-c2ccccc2)cc1. The number of nitriles is 1. The van der Waals surface area contributed by atoms with Crippen LogP contribution in [0.3, 0.4) is 0 Å². The van der Waals surface area contributed by atoms with Crippen LogP contribution in [0, 0.1) is 11.3 Å². The molecule has 0 aliphatic rings. The Bertz CT molecular complexity index is 629. The molecule has 0 saturated heterocycles. The van der Waals surface area contributed by atoms with Crippen molar-refractivity contribution in [1.82, 2.24) is 0 Å². The Hall–Kier alpha value is -2.80. The standard InChI is InChI=1S/C17H15NO3/c1-13(11-18)21-17(19)12-20-16-9-7-15(8-10-16)14-5-3-2-4-6-14/h2-10,13H,12H2,1H3/t13-/m0/s1. The highest BCUT2D eigenvalue weighted by Gasteiger charge is 2.09. The zero-order valence-electron chi connectivity index (χ0n) is 11.7. The fourth-order valence-corrected chi connectivity index (χ4v) is 1.77. The summed E-state index contributed by atoms with van der Waals surface area (Å²) in [6.45, 7) is 1.29. The van der Waals surface area contributed by atoms with Crippen molar-refractivity contribution in [2.45, 2.75) is 13.0 Å². The second-order valence-corrected chi connectivity index (χ2v) is 4.44. The first-order valence-electron chi connectivity index (χ1n) is 6.56. The van der Waals surface area contributed by atoms with E-state index in [-0.39, 0.29) is 6.61 Å². The van der Waals surface area contributed by atoms with Crippen molar-refractivity contribution >= 4 is 5.97 Å². The summed E-state index contributed by atoms with van der Waals surface area (Å²) in [5.74, 6) is 0.0208. The molecule has 4 nitrogen and oxygen atoms in total. The topological polar surface area (TPSA) is 59.3 Å². The highest BCUT2D eigenvalue weighted by atomic mass is 16.6. The summed E-state index contributed by atoms with van der Waals surface area (Å²) in [7, 11) is 0. The first-order chi connectivity index (χ1) is 10.2. The number of carbonyl (C=O) groups excluding carboxylic acids is 1. The van der Waals surface area contributed by atoms with Gasteiger partial charge in [-0.05, 0) is 30.2 Å². The first-order valence-corrected chi connectivity index (χ1v) is 6.56. The third-order valence-corrected chi connectivity index (χ3v) is 2.81. The molecule has 0 aliphatic carbocycles. The molecule has 0 spiro atoms. The van der Waals surface area contributed by atoms with E-state index in [0.29, 0.717) is 5.75 Å². The maximum absolute atomic E-state index is 11.4. The number of esters is 1. The van der Waals surface area contributed by atoms with E-state index in [4.69, 9.17) is 14.7 Å². The molecule has 0 heterocycles. The zero-order valence-corrected chi connectivity index (χ0v) is 11.7. The Kier molecular flexibility index (Phi) is 4.94. The van der Waals surface area contributed by atoms with Crippen molar-refractivity contribution in [3.63, 3.8) is 0 Å². The molecule has 0 aromatic heterocycles. The summed E-state index contributed by atoms with van der Waals surface area (Å²) >= 11 is 0. The molecular formula is C17H15NO3. The first kappa shape index (κ1) is 14.6. The number of ether oxygens (including phenoxy) is 2. The van der Waals surface area contributed by atoms with Gasteiger partial charge in [-0.1, -0.05) is 42.5 Å². The van der Waals surface area contributed by atoms with Crippen LogP contribution in [0.25, 0.3) is 11.1 Å². The van der Waals surface area contributed by atoms with Gasteiger partial charge in [-0.2, -0.15) is 5.26 Å². The van der Waals surface area contributed by atoms with Gasteiger partial charge in [0.2, 0.25) is 0 Å². The van der Waals surface area contributed by atoms with E-state index in [0.717, 1.165) is 11.1 Å². The molecule has 21 heavy (non-hydrogen) atoms. The summed E-state index contributed by atoms with van der Waals surface area (Å²) < 4.78 is 10.1. The summed E-state index contributed by atoms with van der Waals surface area (Å²) in [5.41, 5.74) is 2.19. The number of benzene rings is 2. The van der Waals surface area contributed by atoms with E-state index < -0.39 is 12.1 Å². The molecule has 0 N–H and O–H groups in total. The smallest absolute Gasteiger partial charge is 0.345 e. The highest BCUT2D eigenvalue weighted by molar-refractivity contribution is 5.71. The molecule has 0 bridgehead atoms. The number of hydrogen-bond donors (Lipinski definition) is 0. The summed E-state index contributed by atoms with van der Waals surface area (Å²) in [5, 5.41) is 8.54. The third-order valence-electron chi connectivity index (χ3n) is 2.81. The Morgan fingerprint density at radius 2 is 1.71 bits per heavy atom. The zero-order chi connectivity index (χ0) is 15.1. The quantitative estimate of drug-likeness (QED) is 0.790. The molecule has 2 rings (SSSR count). The van der Waals surface area contributed by atoms with E-state index in [1.165, 1.54) is 6.92 Å². The van der Waals surface area contributed by atoms with Gasteiger partial charge in [-0.25, -0.2) is 4.79 Å². The van der Waals surface area contributed by atoms with Crippen molar-refractivity contribution in [1.29, 1.82) is 5.26 Å². The van der Waals surface area contributed by atoms with Crippen LogP contribution in [-0.2, 0) is 9.53 Å². The second-order valence-electron chi connectivity index (χ2n) is 4.44. The maximum atomic E-state index is 11.4. The molecule has 0 radical (unpaired) electrons. The number of rotatable bonds is 5. The molecular weight excluding hydrogens is 266 g/mol. The molecule has 1 atom stereocenters. The van der Waals surface area contributed by atoms with Crippen molar-refractivity contribution < 1.29 is 14.3 Å². The van der Waals surface area contributed by atoms with E-state index in [1.54, 1.807) is 12.1 Å². The monoisotopic (exact) mass is 281 g/mol. The summed E-state index contributed by atoms with van der Waals surface area (Å²) in [6.07, 6.45) is -0.762. The van der Waals surface area contributed by atoms with Gasteiger partial charge in [-0.3, -0.25) is 0 Å². The molecule has 2 aromatic carbocycles. The minimum absolute atomic E-state index is 0.212. The average Bonchev–Trinajstić information content (AvgIpc) is 2.54. The van der Waals surface area contributed by atoms with E-state index in [1.807, 2.05) is 48.5 Å². The predicted octanol–water partition coefficient (Wildman–Crippen LogP) is 3.19. The highest BCUT2D eigenvalue weighted by Crippen LogP contribution is 2.21. The summed E-state index contributed by atoms with van der Waals surface area (Å²) in [4.78, 5) is 11.4. The molecule has 0 fully saturated rings. The lowest BCUT2D eigenvalue weighted by atomic mass is 10.1. The van der Waals surface area contributed by atoms with Crippen LogP contribution < -0.4 is 4.74 Å². The fourth-order valence-electron chi connectivity index (χ4n) is 1.77. The number of hydrogen-bond acceptors (Lipinski definition) is 4. The molecule has 0 aliphatic heterocycles. The van der Waals surface area contributed by atoms with Crippen molar-refractivity contribution in [2.24, 2.45) is 0 Å². The van der Waals surface area contributed by atoms with Gasteiger partial charge in [0.15, 0.2) is 12.7 Å². The number of carbonyl (C=O) groups is 1. The van der Waals surface area contributed by atoms with Gasteiger partial charge in [0, 0.05) is 0 Å². The van der Waals surface area contributed by atoms with Gasteiger partial charge in [0.25, 0.3) is 0 Å². The lowest BCUT2D eigenvalue weighted by Crippen LogP contribution is -2.19. The third kappa shape index (κ3) is 4.36. The summed E-state index contributed by atoms with van der Waals surface area (Å²) in [6, 6.07) is 19.2. The van der Waals surface area contributed by atoms with Crippen LogP contribution in [0.2, 0.25) is 0 Å². The number of nitrogens with zero attached hydrogens (tertiary/aromatic N) is 1. The normalized spacial score (nSPS) is 11.2. The van der Waals surface area contributed by atoms with Crippen LogP contribution in [0.5, 0.6) is 5.75 Å². The Morgan fingerprint density at radius 1 is 1.10 bits per heavy atom. The van der Waals surface area contributed by atoms with Gasteiger partial charge < -0.3 is 9.47 Å². The van der Waals surface area contributed by atoms with E-state index >= 15 is 0 Å².